The predicted molar refractivity (Wildman–Crippen MR) is 159 cm³/mol. The third-order valence-electron chi connectivity index (χ3n) is 7.16. The van der Waals surface area contributed by atoms with Crippen molar-refractivity contribution in [2.45, 2.75) is 89.0 Å². The fourth-order valence-corrected chi connectivity index (χ4v) is 7.24. The van der Waals surface area contributed by atoms with E-state index >= 15 is 0 Å². The minimum atomic E-state index is -0.840. The van der Waals surface area contributed by atoms with Gasteiger partial charge in [0.2, 0.25) is 0 Å². The van der Waals surface area contributed by atoms with Gasteiger partial charge in [-0.3, -0.25) is 0 Å². The molecule has 0 radical (unpaired) electrons. The van der Waals surface area contributed by atoms with Gasteiger partial charge in [-0.2, -0.15) is 0 Å². The molecule has 0 bridgehead atoms. The first-order valence-electron chi connectivity index (χ1n) is 13.4. The molecule has 0 saturated heterocycles. The van der Waals surface area contributed by atoms with E-state index in [-0.39, 0.29) is 17.6 Å². The lowest BCUT2D eigenvalue weighted by molar-refractivity contribution is 0.0718. The number of carbonyl (C=O) groups is 1. The van der Waals surface area contributed by atoms with Gasteiger partial charge in [-0.05, 0) is 83.6 Å². The molecule has 0 aliphatic heterocycles. The topological polar surface area (TPSA) is 142 Å². The number of aromatic nitrogens is 4. The highest BCUT2D eigenvalue weighted by molar-refractivity contribution is 7.22. The second-order valence-electron chi connectivity index (χ2n) is 11.2. The van der Waals surface area contributed by atoms with Gasteiger partial charge in [-0.25, -0.2) is 24.7 Å². The lowest BCUT2D eigenvalue weighted by atomic mass is 10.0. The Morgan fingerprint density at radius 2 is 1.46 bits per heavy atom. The number of rotatable bonds is 5. The molecule has 2 saturated carbocycles. The van der Waals surface area contributed by atoms with Gasteiger partial charge in [0.25, 0.3) is 0 Å². The van der Waals surface area contributed by atoms with Crippen molar-refractivity contribution in [3.8, 4) is 0 Å². The number of anilines is 2. The molecule has 2 aliphatic rings. The van der Waals surface area contributed by atoms with Crippen LogP contribution < -0.4 is 16.4 Å². The van der Waals surface area contributed by atoms with E-state index in [0.29, 0.717) is 12.1 Å². The zero-order valence-corrected chi connectivity index (χ0v) is 24.1. The van der Waals surface area contributed by atoms with Crippen molar-refractivity contribution in [3.63, 3.8) is 0 Å². The summed E-state index contributed by atoms with van der Waals surface area (Å²) in [6.07, 6.45) is 8.67. The van der Waals surface area contributed by atoms with Crippen LogP contribution in [-0.4, -0.2) is 65.7 Å². The minimum absolute atomic E-state index is 0.0532. The van der Waals surface area contributed by atoms with E-state index in [1.165, 1.54) is 0 Å². The monoisotopic (exact) mass is 568 g/mol. The van der Waals surface area contributed by atoms with E-state index in [4.69, 9.17) is 5.73 Å². The Morgan fingerprint density at radius 3 is 1.92 bits per heavy atom. The molecule has 0 spiro atoms. The Morgan fingerprint density at radius 1 is 0.923 bits per heavy atom. The smallest absolute Gasteiger partial charge is 0.407 e. The lowest BCUT2D eigenvalue weighted by Gasteiger charge is -2.38. The van der Waals surface area contributed by atoms with E-state index in [1.807, 2.05) is 45.0 Å². The number of hydrogen-bond donors (Lipinski definition) is 4. The molecule has 4 atom stereocenters. The fraction of sp³-hybridized carbons (Fsp3) is 0.519. The Kier molecular flexibility index (Phi) is 8.15. The zero-order chi connectivity index (χ0) is 27.6. The Bertz CT molecular complexity index is 1350. The molecule has 4 aromatic rings. The summed E-state index contributed by atoms with van der Waals surface area (Å²) in [6.45, 7) is 5.84. The molecular formula is C27H36N8O2S2. The largest absolute Gasteiger partial charge is 0.465 e. The number of carboxylic acid groups (broad SMARTS) is 1. The van der Waals surface area contributed by atoms with E-state index in [9.17, 15) is 9.90 Å². The third-order valence-corrected chi connectivity index (χ3v) is 8.98. The molecule has 2 aliphatic carbocycles. The van der Waals surface area contributed by atoms with Crippen LogP contribution in [0.15, 0.2) is 36.7 Å². The van der Waals surface area contributed by atoms with Crippen LogP contribution in [0.3, 0.4) is 0 Å². The van der Waals surface area contributed by atoms with E-state index in [2.05, 4.69) is 30.6 Å². The van der Waals surface area contributed by atoms with Crippen LogP contribution in [0.5, 0.6) is 0 Å². The average Bonchev–Trinajstić information content (AvgIpc) is 3.65. The first kappa shape index (κ1) is 27.5. The Hall–Kier alpha value is -3.09. The number of nitrogens with zero attached hydrogens (tertiary/aromatic N) is 5. The molecule has 6 rings (SSSR count). The van der Waals surface area contributed by atoms with Crippen LogP contribution in [0.2, 0.25) is 0 Å². The predicted octanol–water partition coefficient (Wildman–Crippen LogP) is 5.79. The molecular weight excluding hydrogens is 532 g/mol. The van der Waals surface area contributed by atoms with Crippen LogP contribution in [0.25, 0.3) is 20.7 Å². The van der Waals surface area contributed by atoms with Gasteiger partial charge in [-0.15, -0.1) is 0 Å². The number of fused-ring (bicyclic) bond motifs is 2. The highest BCUT2D eigenvalue weighted by atomic mass is 32.1. The molecule has 4 heterocycles. The van der Waals surface area contributed by atoms with Gasteiger partial charge in [0.1, 0.15) is 20.7 Å². The molecule has 1 amide bonds. The highest BCUT2D eigenvalue weighted by Crippen LogP contribution is 2.33. The maximum Gasteiger partial charge on any atom is 0.407 e. The molecule has 0 aromatic carbocycles. The number of hydrogen-bond acceptors (Lipinski definition) is 10. The van der Waals surface area contributed by atoms with Crippen molar-refractivity contribution in [2.24, 2.45) is 5.73 Å². The zero-order valence-electron chi connectivity index (χ0n) is 22.5. The molecule has 4 aromatic heterocycles. The third kappa shape index (κ3) is 6.74. The van der Waals surface area contributed by atoms with Crippen LogP contribution in [0, 0.1) is 0 Å². The number of nitrogens with one attached hydrogen (secondary N) is 2. The van der Waals surface area contributed by atoms with Crippen LogP contribution in [0.1, 0.15) is 59.3 Å². The van der Waals surface area contributed by atoms with E-state index < -0.39 is 6.09 Å². The van der Waals surface area contributed by atoms with Gasteiger partial charge < -0.3 is 26.4 Å². The molecule has 208 valence electrons. The summed E-state index contributed by atoms with van der Waals surface area (Å²) in [7, 11) is 0. The minimum Gasteiger partial charge on any atom is -0.465 e. The van der Waals surface area contributed by atoms with Crippen LogP contribution >= 0.6 is 22.7 Å². The van der Waals surface area contributed by atoms with Crippen LogP contribution in [-0.2, 0) is 0 Å². The van der Waals surface area contributed by atoms with E-state index in [0.717, 1.165) is 69.5 Å². The fourth-order valence-electron chi connectivity index (χ4n) is 5.47. The van der Waals surface area contributed by atoms with Crippen molar-refractivity contribution >= 4 is 59.7 Å². The molecule has 10 nitrogen and oxygen atoms in total. The number of thiazole rings is 2. The SMILES string of the molecule is CC(C)(C)N(C(=O)O)[C@H]1CC[C@H](Nc2nc3cccnc3s2)C1.N[C@H]1CC[C@H](Nc2nc3cccnc3s2)C1. The van der Waals surface area contributed by atoms with Gasteiger partial charge in [-0.1, -0.05) is 22.7 Å². The Balaban J connectivity index is 0.000000168. The first-order valence-corrected chi connectivity index (χ1v) is 15.0. The number of pyridine rings is 2. The summed E-state index contributed by atoms with van der Waals surface area (Å²) in [5, 5.41) is 18.3. The van der Waals surface area contributed by atoms with Gasteiger partial charge in [0.15, 0.2) is 10.3 Å². The van der Waals surface area contributed by atoms with Crippen LogP contribution in [0.4, 0.5) is 15.1 Å². The molecule has 2 fully saturated rings. The quantitative estimate of drug-likeness (QED) is 0.235. The second-order valence-corrected chi connectivity index (χ2v) is 13.2. The summed E-state index contributed by atoms with van der Waals surface area (Å²) in [4.78, 5) is 32.7. The first-order chi connectivity index (χ1) is 18.7. The van der Waals surface area contributed by atoms with Gasteiger partial charge in [0, 0.05) is 42.1 Å². The average molecular weight is 569 g/mol. The number of amides is 1. The maximum absolute atomic E-state index is 11.6. The normalized spacial score (nSPS) is 23.0. The second kappa shape index (κ2) is 11.6. The standard InChI is InChI=1S/C16H22N4O2S.C11H14N4S/c1-16(2,3)20(15(21)22)11-7-6-10(9-11)18-14-19-12-5-4-8-17-13(12)23-14;12-7-3-4-8(6-7)14-11-15-9-2-1-5-13-10(9)16-11/h4-5,8,10-11H,6-7,9H2,1-3H3,(H,18,19)(H,21,22);1-2,5,7-8H,3-4,6,12H2,(H,14,15)/t10-,11-;7-,8-/m00/s1. The highest BCUT2D eigenvalue weighted by Gasteiger charge is 2.38. The van der Waals surface area contributed by atoms with Crippen molar-refractivity contribution in [3.05, 3.63) is 36.7 Å². The van der Waals surface area contributed by atoms with Crippen molar-refractivity contribution in [2.75, 3.05) is 10.6 Å². The van der Waals surface area contributed by atoms with Gasteiger partial charge in [0.05, 0.1) is 0 Å². The van der Waals surface area contributed by atoms with Crippen molar-refractivity contribution in [1.29, 1.82) is 0 Å². The summed E-state index contributed by atoms with van der Waals surface area (Å²) in [5.74, 6) is 0. The summed E-state index contributed by atoms with van der Waals surface area (Å²) < 4.78 is 0. The van der Waals surface area contributed by atoms with Crippen molar-refractivity contribution in [1.82, 2.24) is 24.8 Å². The molecule has 5 N–H and O–H groups in total. The summed E-state index contributed by atoms with van der Waals surface area (Å²) >= 11 is 3.15. The number of nitrogens with two attached hydrogens (primary N) is 1. The lowest BCUT2D eigenvalue weighted by Crippen LogP contribution is -2.50. The molecule has 39 heavy (non-hydrogen) atoms. The summed E-state index contributed by atoms with van der Waals surface area (Å²) in [6, 6.07) is 8.88. The molecule has 12 heteroatoms. The van der Waals surface area contributed by atoms with Gasteiger partial charge >= 0.3 is 6.09 Å². The maximum atomic E-state index is 11.6. The Labute approximate surface area is 236 Å². The summed E-state index contributed by atoms with van der Waals surface area (Å²) in [5.41, 5.74) is 7.37. The van der Waals surface area contributed by atoms with E-state index in [1.54, 1.807) is 40.0 Å². The van der Waals surface area contributed by atoms with Crippen molar-refractivity contribution < 1.29 is 9.90 Å². The molecule has 0 unspecified atom stereocenters.